The van der Waals surface area contributed by atoms with Crippen molar-refractivity contribution in [3.8, 4) is 0 Å². The third-order valence-electron chi connectivity index (χ3n) is 3.90. The first kappa shape index (κ1) is 12.9. The van der Waals surface area contributed by atoms with E-state index in [0.717, 1.165) is 12.8 Å². The Morgan fingerprint density at radius 2 is 2.05 bits per heavy atom. The van der Waals surface area contributed by atoms with Gasteiger partial charge in [-0.05, 0) is 54.5 Å². The number of rotatable bonds is 4. The molecule has 1 nitrogen and oxygen atoms in total. The first-order valence-electron chi connectivity index (χ1n) is 7.14. The number of hydrogen-bond donors (Lipinski definition) is 1. The highest BCUT2D eigenvalue weighted by molar-refractivity contribution is 7.17. The van der Waals surface area contributed by atoms with Crippen LogP contribution in [0.3, 0.4) is 0 Å². The molecule has 1 aromatic carbocycles. The zero-order chi connectivity index (χ0) is 13.1. The van der Waals surface area contributed by atoms with Crippen LogP contribution in [-0.2, 0) is 6.42 Å². The van der Waals surface area contributed by atoms with E-state index in [1.54, 1.807) is 11.3 Å². The van der Waals surface area contributed by atoms with Gasteiger partial charge in [-0.25, -0.2) is 0 Å². The van der Waals surface area contributed by atoms with E-state index >= 15 is 0 Å². The predicted octanol–water partition coefficient (Wildman–Crippen LogP) is 4.70. The van der Waals surface area contributed by atoms with E-state index in [1.807, 2.05) is 0 Å². The minimum Gasteiger partial charge on any atom is -0.392 e. The Kier molecular flexibility index (Phi) is 4.00. The molecule has 0 amide bonds. The normalized spacial score (nSPS) is 17.4. The standard InChI is InChI=1S/C17H20OS/c18-15(10-13-6-2-1-3-7-13)11-14-12-19-17-9-5-4-8-16(14)17/h4-6,8-9,12,15,18H,1-3,7,10-11H2. The van der Waals surface area contributed by atoms with E-state index in [9.17, 15) is 5.11 Å². The maximum absolute atomic E-state index is 10.3. The Hall–Kier alpha value is -1.12. The summed E-state index contributed by atoms with van der Waals surface area (Å²) < 4.78 is 1.32. The van der Waals surface area contributed by atoms with Gasteiger partial charge >= 0.3 is 0 Å². The van der Waals surface area contributed by atoms with Crippen molar-refractivity contribution in [3.05, 3.63) is 46.9 Å². The van der Waals surface area contributed by atoms with Crippen molar-refractivity contribution in [1.82, 2.24) is 0 Å². The molecule has 1 heterocycles. The smallest absolute Gasteiger partial charge is 0.0618 e. The molecule has 3 rings (SSSR count). The molecular weight excluding hydrogens is 252 g/mol. The molecule has 1 aromatic heterocycles. The monoisotopic (exact) mass is 272 g/mol. The Labute approximate surface area is 118 Å². The molecule has 1 unspecified atom stereocenters. The lowest BCUT2D eigenvalue weighted by molar-refractivity contribution is 0.174. The predicted molar refractivity (Wildman–Crippen MR) is 82.7 cm³/mol. The number of aliphatic hydroxyl groups excluding tert-OH is 1. The van der Waals surface area contributed by atoms with Gasteiger partial charge in [-0.3, -0.25) is 0 Å². The molecule has 2 aromatic rings. The molecule has 0 spiro atoms. The summed E-state index contributed by atoms with van der Waals surface area (Å²) in [5, 5.41) is 13.8. The summed E-state index contributed by atoms with van der Waals surface area (Å²) in [7, 11) is 0. The Balaban J connectivity index is 1.68. The second-order valence-corrected chi connectivity index (χ2v) is 6.34. The summed E-state index contributed by atoms with van der Waals surface area (Å²) in [4.78, 5) is 0. The van der Waals surface area contributed by atoms with Gasteiger partial charge in [0.05, 0.1) is 6.10 Å². The zero-order valence-electron chi connectivity index (χ0n) is 11.1. The average Bonchev–Trinajstić information content (AvgIpc) is 2.83. The molecule has 1 atom stereocenters. The second kappa shape index (κ2) is 5.89. The summed E-state index contributed by atoms with van der Waals surface area (Å²) in [6.07, 6.45) is 8.71. The highest BCUT2D eigenvalue weighted by Crippen LogP contribution is 2.28. The van der Waals surface area contributed by atoms with Crippen LogP contribution >= 0.6 is 11.3 Å². The van der Waals surface area contributed by atoms with E-state index in [1.165, 1.54) is 46.9 Å². The molecule has 0 bridgehead atoms. The van der Waals surface area contributed by atoms with Gasteiger partial charge in [0, 0.05) is 11.1 Å². The van der Waals surface area contributed by atoms with Gasteiger partial charge < -0.3 is 5.11 Å². The average molecular weight is 272 g/mol. The van der Waals surface area contributed by atoms with Gasteiger partial charge in [-0.15, -0.1) is 11.3 Å². The summed E-state index contributed by atoms with van der Waals surface area (Å²) in [6.45, 7) is 0. The van der Waals surface area contributed by atoms with Crippen LogP contribution in [0.5, 0.6) is 0 Å². The van der Waals surface area contributed by atoms with Crippen LogP contribution in [0.1, 0.15) is 37.7 Å². The molecule has 100 valence electrons. The topological polar surface area (TPSA) is 20.2 Å². The third-order valence-corrected chi connectivity index (χ3v) is 4.91. The van der Waals surface area contributed by atoms with Crippen molar-refractivity contribution < 1.29 is 5.11 Å². The van der Waals surface area contributed by atoms with E-state index in [4.69, 9.17) is 0 Å². The lowest BCUT2D eigenvalue weighted by atomic mass is 9.93. The van der Waals surface area contributed by atoms with Gasteiger partial charge in [0.15, 0.2) is 0 Å². The summed E-state index contributed by atoms with van der Waals surface area (Å²) in [6, 6.07) is 8.47. The fraction of sp³-hybridized carbons (Fsp3) is 0.412. The maximum Gasteiger partial charge on any atom is 0.0618 e. The van der Waals surface area contributed by atoms with Gasteiger partial charge in [0.2, 0.25) is 0 Å². The van der Waals surface area contributed by atoms with E-state index < -0.39 is 0 Å². The molecule has 0 saturated heterocycles. The Bertz CT molecular complexity index is 582. The van der Waals surface area contributed by atoms with Crippen LogP contribution in [0.15, 0.2) is 41.3 Å². The molecule has 0 aliphatic heterocycles. The fourth-order valence-corrected chi connectivity index (χ4v) is 3.89. The first-order valence-corrected chi connectivity index (χ1v) is 8.02. The van der Waals surface area contributed by atoms with Gasteiger partial charge in [0.1, 0.15) is 0 Å². The lowest BCUT2D eigenvalue weighted by Gasteiger charge is -2.16. The zero-order valence-corrected chi connectivity index (χ0v) is 12.0. The first-order chi connectivity index (χ1) is 9.33. The molecule has 0 saturated carbocycles. The van der Waals surface area contributed by atoms with Crippen LogP contribution in [0.25, 0.3) is 10.1 Å². The van der Waals surface area contributed by atoms with Gasteiger partial charge in [0.25, 0.3) is 0 Å². The van der Waals surface area contributed by atoms with Crippen molar-refractivity contribution in [3.63, 3.8) is 0 Å². The molecule has 0 fully saturated rings. The van der Waals surface area contributed by atoms with Crippen LogP contribution in [-0.4, -0.2) is 11.2 Å². The van der Waals surface area contributed by atoms with Crippen LogP contribution < -0.4 is 0 Å². The van der Waals surface area contributed by atoms with E-state index in [2.05, 4.69) is 35.7 Å². The molecule has 1 N–H and O–H groups in total. The molecular formula is C17H20OS. The van der Waals surface area contributed by atoms with Crippen molar-refractivity contribution in [1.29, 1.82) is 0 Å². The number of benzene rings is 1. The quantitative estimate of drug-likeness (QED) is 0.800. The maximum atomic E-state index is 10.3. The van der Waals surface area contributed by atoms with Crippen LogP contribution in [0, 0.1) is 0 Å². The molecule has 19 heavy (non-hydrogen) atoms. The number of allylic oxidation sites excluding steroid dienone is 1. The van der Waals surface area contributed by atoms with Crippen molar-refractivity contribution in [2.45, 2.75) is 44.6 Å². The molecule has 2 heteroatoms. The second-order valence-electron chi connectivity index (χ2n) is 5.43. The van der Waals surface area contributed by atoms with Gasteiger partial charge in [-0.2, -0.15) is 0 Å². The summed E-state index contributed by atoms with van der Waals surface area (Å²) >= 11 is 1.78. The van der Waals surface area contributed by atoms with Crippen molar-refractivity contribution >= 4 is 21.4 Å². The Morgan fingerprint density at radius 3 is 2.89 bits per heavy atom. The fourth-order valence-electron chi connectivity index (χ4n) is 2.91. The minimum atomic E-state index is -0.234. The largest absolute Gasteiger partial charge is 0.392 e. The molecule has 1 aliphatic carbocycles. The highest BCUT2D eigenvalue weighted by Gasteiger charge is 2.13. The Morgan fingerprint density at radius 1 is 1.16 bits per heavy atom. The lowest BCUT2D eigenvalue weighted by Crippen LogP contribution is -2.12. The SMILES string of the molecule is OC(CC1=CCCCC1)Cc1csc2ccccc12. The third kappa shape index (κ3) is 3.07. The van der Waals surface area contributed by atoms with Crippen LogP contribution in [0.2, 0.25) is 0 Å². The van der Waals surface area contributed by atoms with Gasteiger partial charge in [-0.1, -0.05) is 29.8 Å². The van der Waals surface area contributed by atoms with Crippen molar-refractivity contribution in [2.75, 3.05) is 0 Å². The number of fused-ring (bicyclic) bond motifs is 1. The highest BCUT2D eigenvalue weighted by atomic mass is 32.1. The van der Waals surface area contributed by atoms with E-state index in [0.29, 0.717) is 0 Å². The van der Waals surface area contributed by atoms with Crippen molar-refractivity contribution in [2.24, 2.45) is 0 Å². The number of hydrogen-bond acceptors (Lipinski definition) is 2. The minimum absolute atomic E-state index is 0.234. The van der Waals surface area contributed by atoms with Crippen LogP contribution in [0.4, 0.5) is 0 Å². The molecule has 0 radical (unpaired) electrons. The summed E-state index contributed by atoms with van der Waals surface area (Å²) in [5.41, 5.74) is 2.75. The van der Waals surface area contributed by atoms with E-state index in [-0.39, 0.29) is 6.10 Å². The summed E-state index contributed by atoms with van der Waals surface area (Å²) in [5.74, 6) is 0. The number of aliphatic hydroxyl groups is 1. The number of thiophene rings is 1. The molecule has 1 aliphatic rings.